The molecule has 29 heavy (non-hydrogen) atoms. The first kappa shape index (κ1) is 19.3. The van der Waals surface area contributed by atoms with E-state index in [4.69, 9.17) is 0 Å². The first-order valence-corrected chi connectivity index (χ1v) is 10.7. The summed E-state index contributed by atoms with van der Waals surface area (Å²) in [5.41, 5.74) is 6.62. The van der Waals surface area contributed by atoms with E-state index in [-0.39, 0.29) is 0 Å². The molecule has 0 bridgehead atoms. The van der Waals surface area contributed by atoms with Crippen LogP contribution in [0, 0.1) is 0 Å². The Morgan fingerprint density at radius 1 is 0.966 bits per heavy atom. The van der Waals surface area contributed by atoms with Gasteiger partial charge >= 0.3 is 0 Å². The Hall–Kier alpha value is -3.06. The van der Waals surface area contributed by atoms with Crippen LogP contribution in [0.15, 0.2) is 126 Å². The highest BCUT2D eigenvalue weighted by Gasteiger charge is 2.11. The van der Waals surface area contributed by atoms with E-state index in [1.807, 2.05) is 6.07 Å². The van der Waals surface area contributed by atoms with E-state index in [0.29, 0.717) is 6.04 Å². The summed E-state index contributed by atoms with van der Waals surface area (Å²) in [6.45, 7) is 0. The summed E-state index contributed by atoms with van der Waals surface area (Å²) < 4.78 is 0. The van der Waals surface area contributed by atoms with Gasteiger partial charge in [-0.05, 0) is 66.5 Å². The molecule has 1 N–H and O–H groups in total. The van der Waals surface area contributed by atoms with E-state index in [0.717, 1.165) is 32.1 Å². The molecule has 0 aliphatic heterocycles. The third-order valence-corrected chi connectivity index (χ3v) is 5.47. The van der Waals surface area contributed by atoms with Gasteiger partial charge in [0.15, 0.2) is 0 Å². The number of hydrogen-bond acceptors (Lipinski definition) is 1. The van der Waals surface area contributed by atoms with Gasteiger partial charge < -0.3 is 5.32 Å². The molecule has 1 aromatic carbocycles. The fourth-order valence-corrected chi connectivity index (χ4v) is 3.90. The van der Waals surface area contributed by atoms with Gasteiger partial charge in [0.2, 0.25) is 0 Å². The van der Waals surface area contributed by atoms with Crippen LogP contribution in [0.5, 0.6) is 0 Å². The molecular formula is C28H29N. The number of allylic oxidation sites excluding steroid dienone is 14. The van der Waals surface area contributed by atoms with E-state index in [9.17, 15) is 0 Å². The lowest BCUT2D eigenvalue weighted by molar-refractivity contribution is 0.877. The summed E-state index contributed by atoms with van der Waals surface area (Å²) in [5, 5.41) is 3.57. The Labute approximate surface area is 174 Å². The van der Waals surface area contributed by atoms with Crippen molar-refractivity contribution in [2.45, 2.75) is 38.1 Å². The molecule has 3 aliphatic rings. The highest BCUT2D eigenvalue weighted by atomic mass is 14.9. The fraction of sp³-hybridized carbons (Fsp3) is 0.214. The molecule has 1 unspecified atom stereocenters. The minimum atomic E-state index is 0.359. The van der Waals surface area contributed by atoms with Crippen molar-refractivity contribution in [2.75, 3.05) is 5.32 Å². The third kappa shape index (κ3) is 5.48. The van der Waals surface area contributed by atoms with Gasteiger partial charge in [-0.3, -0.25) is 0 Å². The summed E-state index contributed by atoms with van der Waals surface area (Å²) in [6.07, 6.45) is 32.7. The Morgan fingerprint density at radius 2 is 1.90 bits per heavy atom. The molecule has 3 aliphatic carbocycles. The van der Waals surface area contributed by atoms with Gasteiger partial charge in [0, 0.05) is 11.7 Å². The van der Waals surface area contributed by atoms with Crippen molar-refractivity contribution in [3.8, 4) is 0 Å². The monoisotopic (exact) mass is 379 g/mol. The van der Waals surface area contributed by atoms with E-state index >= 15 is 0 Å². The first-order valence-electron chi connectivity index (χ1n) is 10.7. The molecule has 0 radical (unpaired) electrons. The highest BCUT2D eigenvalue weighted by Crippen LogP contribution is 2.29. The zero-order chi connectivity index (χ0) is 19.7. The molecule has 4 rings (SSSR count). The second kappa shape index (κ2) is 9.93. The summed E-state index contributed by atoms with van der Waals surface area (Å²) >= 11 is 0. The summed E-state index contributed by atoms with van der Waals surface area (Å²) in [6, 6.07) is 10.8. The van der Waals surface area contributed by atoms with Crippen LogP contribution in [0.2, 0.25) is 0 Å². The second-order valence-corrected chi connectivity index (χ2v) is 7.65. The third-order valence-electron chi connectivity index (χ3n) is 5.47. The summed E-state index contributed by atoms with van der Waals surface area (Å²) in [5.74, 6) is 0. The van der Waals surface area contributed by atoms with Crippen LogP contribution in [0.4, 0.5) is 5.69 Å². The number of rotatable bonds is 6. The van der Waals surface area contributed by atoms with Crippen molar-refractivity contribution in [1.82, 2.24) is 0 Å². The SMILES string of the molecule is C1=CCCC(C(=CC=CC2=CCC(Nc3ccccc3)C=C2)C2=CCCC=C2)=C1. The van der Waals surface area contributed by atoms with Crippen molar-refractivity contribution in [3.63, 3.8) is 0 Å². The van der Waals surface area contributed by atoms with Crippen LogP contribution < -0.4 is 5.32 Å². The van der Waals surface area contributed by atoms with Crippen LogP contribution in [-0.4, -0.2) is 6.04 Å². The zero-order valence-corrected chi connectivity index (χ0v) is 16.9. The van der Waals surface area contributed by atoms with Crippen LogP contribution in [0.25, 0.3) is 0 Å². The molecule has 0 aromatic heterocycles. The lowest BCUT2D eigenvalue weighted by Crippen LogP contribution is -2.17. The summed E-state index contributed by atoms with van der Waals surface area (Å²) in [4.78, 5) is 0. The van der Waals surface area contributed by atoms with Gasteiger partial charge in [-0.15, -0.1) is 0 Å². The van der Waals surface area contributed by atoms with Gasteiger partial charge in [0.25, 0.3) is 0 Å². The molecule has 0 fully saturated rings. The number of para-hydroxylation sites is 1. The van der Waals surface area contributed by atoms with Gasteiger partial charge in [-0.2, -0.15) is 0 Å². The highest BCUT2D eigenvalue weighted by molar-refractivity contribution is 5.56. The maximum absolute atomic E-state index is 3.57. The fourth-order valence-electron chi connectivity index (χ4n) is 3.90. The average Bonchev–Trinajstić information content (AvgIpc) is 2.80. The normalized spacial score (nSPS) is 21.7. The van der Waals surface area contributed by atoms with Crippen molar-refractivity contribution in [1.29, 1.82) is 0 Å². The molecule has 146 valence electrons. The topological polar surface area (TPSA) is 12.0 Å². The lowest BCUT2D eigenvalue weighted by Gasteiger charge is -2.18. The zero-order valence-electron chi connectivity index (χ0n) is 16.9. The number of hydrogen-bond donors (Lipinski definition) is 1. The van der Waals surface area contributed by atoms with Crippen molar-refractivity contribution >= 4 is 5.69 Å². The van der Waals surface area contributed by atoms with Crippen LogP contribution in [-0.2, 0) is 0 Å². The Kier molecular flexibility index (Phi) is 6.60. The predicted octanol–water partition coefficient (Wildman–Crippen LogP) is 7.39. The van der Waals surface area contributed by atoms with Crippen molar-refractivity contribution in [3.05, 3.63) is 126 Å². The largest absolute Gasteiger partial charge is 0.379 e. The van der Waals surface area contributed by atoms with E-state index in [1.54, 1.807) is 0 Å². The molecule has 0 saturated carbocycles. The van der Waals surface area contributed by atoms with Crippen LogP contribution >= 0.6 is 0 Å². The van der Waals surface area contributed by atoms with Crippen molar-refractivity contribution in [2.24, 2.45) is 0 Å². The number of nitrogens with one attached hydrogen (secondary N) is 1. The molecule has 1 nitrogen and oxygen atoms in total. The van der Waals surface area contributed by atoms with Gasteiger partial charge in [0.1, 0.15) is 0 Å². The average molecular weight is 380 g/mol. The van der Waals surface area contributed by atoms with Crippen LogP contribution in [0.1, 0.15) is 32.1 Å². The minimum Gasteiger partial charge on any atom is -0.379 e. The molecule has 0 amide bonds. The first-order chi connectivity index (χ1) is 14.4. The van der Waals surface area contributed by atoms with Crippen molar-refractivity contribution < 1.29 is 0 Å². The van der Waals surface area contributed by atoms with Gasteiger partial charge in [0.05, 0.1) is 0 Å². The number of anilines is 1. The molecule has 1 heteroatoms. The molecule has 1 aromatic rings. The minimum absolute atomic E-state index is 0.359. The molecular weight excluding hydrogens is 350 g/mol. The predicted molar refractivity (Wildman–Crippen MR) is 126 cm³/mol. The smallest absolute Gasteiger partial charge is 0.0482 e. The molecule has 0 heterocycles. The maximum Gasteiger partial charge on any atom is 0.0482 e. The van der Waals surface area contributed by atoms with E-state index in [2.05, 4.69) is 102 Å². The molecule has 0 spiro atoms. The molecule has 1 atom stereocenters. The standard InChI is InChI=1S/C28H29N/c1-4-12-24(13-5-1)28(25-14-6-2-7-15-25)18-10-11-23-19-21-27(22-20-23)29-26-16-8-3-9-17-26/h1,3-4,6,8-12,14-21,27,29H,2,5,7,13,22H2. The quantitative estimate of drug-likeness (QED) is 0.508. The Morgan fingerprint density at radius 3 is 2.62 bits per heavy atom. The number of benzene rings is 1. The molecule has 0 saturated heterocycles. The second-order valence-electron chi connectivity index (χ2n) is 7.65. The van der Waals surface area contributed by atoms with E-state index in [1.165, 1.54) is 28.0 Å². The van der Waals surface area contributed by atoms with Gasteiger partial charge in [-0.1, -0.05) is 91.1 Å². The lowest BCUT2D eigenvalue weighted by atomic mass is 9.89. The Bertz CT molecular complexity index is 945. The van der Waals surface area contributed by atoms with Gasteiger partial charge in [-0.25, -0.2) is 0 Å². The van der Waals surface area contributed by atoms with Crippen LogP contribution in [0.3, 0.4) is 0 Å². The Balaban J connectivity index is 1.43. The van der Waals surface area contributed by atoms with E-state index < -0.39 is 0 Å². The maximum atomic E-state index is 3.57. The summed E-state index contributed by atoms with van der Waals surface area (Å²) in [7, 11) is 0.